The molecular formula is C25H30ClN3O5. The van der Waals surface area contributed by atoms with Crippen LogP contribution in [0.15, 0.2) is 55.1 Å². The van der Waals surface area contributed by atoms with Gasteiger partial charge in [0, 0.05) is 12.1 Å². The minimum atomic E-state index is -1.23. The summed E-state index contributed by atoms with van der Waals surface area (Å²) in [6.07, 6.45) is 0.682. The highest BCUT2D eigenvalue weighted by Crippen LogP contribution is 2.32. The van der Waals surface area contributed by atoms with E-state index in [1.54, 1.807) is 64.1 Å². The molecule has 2 aromatic rings. The maximum atomic E-state index is 13.5. The van der Waals surface area contributed by atoms with Gasteiger partial charge in [0.2, 0.25) is 5.91 Å². The number of carbonyl (C=O) groups is 3. The maximum Gasteiger partial charge on any atom is 0.408 e. The Kier molecular flexibility index (Phi) is 9.09. The zero-order valence-electron chi connectivity index (χ0n) is 19.7. The third kappa shape index (κ3) is 7.25. The number of phenols is 1. The number of alkyl carbamates (subject to hydrolysis) is 1. The zero-order chi connectivity index (χ0) is 25.5. The monoisotopic (exact) mass is 487 g/mol. The number of ether oxygens (including phenoxy) is 1. The van der Waals surface area contributed by atoms with Crippen LogP contribution in [0.1, 0.15) is 37.9 Å². The fourth-order valence-electron chi connectivity index (χ4n) is 3.21. The van der Waals surface area contributed by atoms with Gasteiger partial charge in [-0.15, -0.1) is 6.58 Å². The lowest BCUT2D eigenvalue weighted by Gasteiger charge is -2.31. The van der Waals surface area contributed by atoms with E-state index < -0.39 is 36.1 Å². The summed E-state index contributed by atoms with van der Waals surface area (Å²) < 4.78 is 5.17. The number of halogens is 1. The standard InChI is InChI=1S/C25H30ClN3O5/c1-6-14-29(20(31)15-27-24(33)34-25(3,4)5)22(17-11-7-8-13-19(17)30)23(32)28-21-16(2)10-9-12-18(21)26/h6-13,22,30H,1,14-15H2,2-5H3,(H,27,33)(H,28,32). The van der Waals surface area contributed by atoms with Crippen molar-refractivity contribution in [3.8, 4) is 5.75 Å². The number of rotatable bonds is 8. The first kappa shape index (κ1) is 26.7. The Morgan fingerprint density at radius 1 is 1.18 bits per heavy atom. The normalized spacial score (nSPS) is 11.8. The molecule has 2 aromatic carbocycles. The molecule has 0 spiro atoms. The fraction of sp³-hybridized carbons (Fsp3) is 0.320. The van der Waals surface area contributed by atoms with Crippen molar-refractivity contribution in [3.05, 3.63) is 71.3 Å². The Balaban J connectivity index is 2.39. The van der Waals surface area contributed by atoms with Crippen LogP contribution in [0.25, 0.3) is 0 Å². The van der Waals surface area contributed by atoms with Crippen molar-refractivity contribution in [2.45, 2.75) is 39.3 Å². The van der Waals surface area contributed by atoms with Crippen LogP contribution in [0.4, 0.5) is 10.5 Å². The van der Waals surface area contributed by atoms with Gasteiger partial charge in [-0.1, -0.05) is 48.0 Å². The first-order valence-electron chi connectivity index (χ1n) is 10.7. The lowest BCUT2D eigenvalue weighted by molar-refractivity contribution is -0.137. The number of phenolic OH excluding ortho intramolecular Hbond substituents is 1. The third-order valence-electron chi connectivity index (χ3n) is 4.69. The highest BCUT2D eigenvalue weighted by atomic mass is 35.5. The van der Waals surface area contributed by atoms with Gasteiger partial charge in [0.15, 0.2) is 0 Å². The lowest BCUT2D eigenvalue weighted by Crippen LogP contribution is -2.46. The molecule has 0 heterocycles. The molecule has 0 radical (unpaired) electrons. The van der Waals surface area contributed by atoms with Gasteiger partial charge in [-0.25, -0.2) is 4.79 Å². The van der Waals surface area contributed by atoms with E-state index in [9.17, 15) is 19.5 Å². The predicted octanol–water partition coefficient (Wildman–Crippen LogP) is 4.57. The first-order valence-corrected chi connectivity index (χ1v) is 11.0. The summed E-state index contributed by atoms with van der Waals surface area (Å²) in [6, 6.07) is 10.2. The molecule has 9 heteroatoms. The second-order valence-corrected chi connectivity index (χ2v) is 8.98. The molecule has 0 saturated carbocycles. The summed E-state index contributed by atoms with van der Waals surface area (Å²) >= 11 is 6.27. The van der Waals surface area contributed by atoms with Crippen molar-refractivity contribution in [1.29, 1.82) is 0 Å². The van der Waals surface area contributed by atoms with E-state index in [-0.39, 0.29) is 17.9 Å². The number of nitrogens with zero attached hydrogens (tertiary/aromatic N) is 1. The summed E-state index contributed by atoms with van der Waals surface area (Å²) in [5.41, 5.74) is 0.591. The molecule has 8 nitrogen and oxygen atoms in total. The lowest BCUT2D eigenvalue weighted by atomic mass is 10.0. The van der Waals surface area contributed by atoms with Gasteiger partial charge >= 0.3 is 6.09 Å². The summed E-state index contributed by atoms with van der Waals surface area (Å²) in [5.74, 6) is -1.34. The number of aromatic hydroxyl groups is 1. The molecule has 0 aliphatic rings. The van der Waals surface area contributed by atoms with Crippen molar-refractivity contribution in [2.75, 3.05) is 18.4 Å². The molecule has 34 heavy (non-hydrogen) atoms. The van der Waals surface area contributed by atoms with Crippen molar-refractivity contribution in [2.24, 2.45) is 0 Å². The van der Waals surface area contributed by atoms with Crippen molar-refractivity contribution in [1.82, 2.24) is 10.2 Å². The third-order valence-corrected chi connectivity index (χ3v) is 5.01. The van der Waals surface area contributed by atoms with E-state index in [1.807, 2.05) is 0 Å². The SMILES string of the molecule is C=CCN(C(=O)CNC(=O)OC(C)(C)C)C(C(=O)Nc1c(C)cccc1Cl)c1ccccc1O. The summed E-state index contributed by atoms with van der Waals surface area (Å²) in [7, 11) is 0. The quantitative estimate of drug-likeness (QED) is 0.472. The Labute approximate surface area is 204 Å². The van der Waals surface area contributed by atoms with Crippen LogP contribution >= 0.6 is 11.6 Å². The van der Waals surface area contributed by atoms with Crippen LogP contribution in [0, 0.1) is 6.92 Å². The topological polar surface area (TPSA) is 108 Å². The number of hydrogen-bond acceptors (Lipinski definition) is 5. The van der Waals surface area contributed by atoms with Crippen molar-refractivity contribution >= 4 is 35.2 Å². The van der Waals surface area contributed by atoms with Gasteiger partial charge in [0.05, 0.1) is 10.7 Å². The van der Waals surface area contributed by atoms with Gasteiger partial charge in [-0.2, -0.15) is 0 Å². The van der Waals surface area contributed by atoms with Crippen LogP contribution in [0.3, 0.4) is 0 Å². The number of hydrogen-bond donors (Lipinski definition) is 3. The number of amides is 3. The molecule has 182 valence electrons. The Morgan fingerprint density at radius 2 is 1.85 bits per heavy atom. The number of carbonyl (C=O) groups excluding carboxylic acids is 3. The Morgan fingerprint density at radius 3 is 2.44 bits per heavy atom. The molecule has 0 saturated heterocycles. The van der Waals surface area contributed by atoms with Gasteiger partial charge in [-0.05, 0) is 45.4 Å². The first-order chi connectivity index (χ1) is 15.9. The number of para-hydroxylation sites is 2. The summed E-state index contributed by atoms with van der Waals surface area (Å²) in [6.45, 7) is 10.1. The minimum absolute atomic E-state index is 0.0250. The van der Waals surface area contributed by atoms with Crippen LogP contribution < -0.4 is 10.6 Å². The van der Waals surface area contributed by atoms with Gasteiger partial charge in [-0.3, -0.25) is 9.59 Å². The number of aryl methyl sites for hydroxylation is 1. The highest BCUT2D eigenvalue weighted by Gasteiger charge is 2.33. The van der Waals surface area contributed by atoms with E-state index in [2.05, 4.69) is 17.2 Å². The Bertz CT molecular complexity index is 1040. The van der Waals surface area contributed by atoms with Crippen molar-refractivity contribution in [3.63, 3.8) is 0 Å². The van der Waals surface area contributed by atoms with Crippen LogP contribution in [-0.4, -0.2) is 46.6 Å². The molecule has 0 aliphatic carbocycles. The van der Waals surface area contributed by atoms with Crippen molar-refractivity contribution < 1.29 is 24.2 Å². The molecule has 0 fully saturated rings. The van der Waals surface area contributed by atoms with E-state index in [4.69, 9.17) is 16.3 Å². The minimum Gasteiger partial charge on any atom is -0.508 e. The van der Waals surface area contributed by atoms with Crippen LogP contribution in [-0.2, 0) is 14.3 Å². The second-order valence-electron chi connectivity index (χ2n) is 8.57. The molecule has 0 aromatic heterocycles. The van der Waals surface area contributed by atoms with E-state index in [1.165, 1.54) is 17.0 Å². The number of anilines is 1. The Hall–Kier alpha value is -3.52. The number of benzene rings is 2. The molecule has 0 aliphatic heterocycles. The van der Waals surface area contributed by atoms with E-state index in [0.29, 0.717) is 10.7 Å². The van der Waals surface area contributed by atoms with Crippen LogP contribution in [0.2, 0.25) is 5.02 Å². The van der Waals surface area contributed by atoms with Gasteiger partial charge in [0.25, 0.3) is 5.91 Å². The van der Waals surface area contributed by atoms with E-state index in [0.717, 1.165) is 5.56 Å². The molecule has 2 rings (SSSR count). The fourth-order valence-corrected chi connectivity index (χ4v) is 3.47. The highest BCUT2D eigenvalue weighted by molar-refractivity contribution is 6.34. The summed E-state index contributed by atoms with van der Waals surface area (Å²) in [5, 5.41) is 16.0. The maximum absolute atomic E-state index is 13.5. The average molecular weight is 488 g/mol. The summed E-state index contributed by atoms with van der Waals surface area (Å²) in [4.78, 5) is 39.9. The molecule has 1 atom stereocenters. The molecule has 0 bridgehead atoms. The molecule has 1 unspecified atom stereocenters. The largest absolute Gasteiger partial charge is 0.508 e. The average Bonchev–Trinajstić information content (AvgIpc) is 2.74. The number of nitrogens with one attached hydrogen (secondary N) is 2. The van der Waals surface area contributed by atoms with Crippen LogP contribution in [0.5, 0.6) is 5.75 Å². The van der Waals surface area contributed by atoms with E-state index >= 15 is 0 Å². The zero-order valence-corrected chi connectivity index (χ0v) is 20.5. The predicted molar refractivity (Wildman–Crippen MR) is 132 cm³/mol. The smallest absolute Gasteiger partial charge is 0.408 e. The second kappa shape index (κ2) is 11.6. The molecule has 3 N–H and O–H groups in total. The molecule has 3 amide bonds. The van der Waals surface area contributed by atoms with Gasteiger partial charge in [0.1, 0.15) is 23.9 Å². The molecular weight excluding hydrogens is 458 g/mol. The van der Waals surface area contributed by atoms with Gasteiger partial charge < -0.3 is 25.4 Å².